The molecule has 0 heterocycles. The summed E-state index contributed by atoms with van der Waals surface area (Å²) in [5, 5.41) is 20.2. The number of rotatable bonds is 10. The van der Waals surface area contributed by atoms with Crippen molar-refractivity contribution < 1.29 is 29.4 Å². The summed E-state index contributed by atoms with van der Waals surface area (Å²) in [5.41, 5.74) is -2.40. The van der Waals surface area contributed by atoms with E-state index in [1.165, 1.54) is 27.7 Å². The van der Waals surface area contributed by atoms with E-state index in [2.05, 4.69) is 5.32 Å². The van der Waals surface area contributed by atoms with Gasteiger partial charge in [-0.25, -0.2) is 4.79 Å². The largest absolute Gasteiger partial charge is 0.481 e. The first-order chi connectivity index (χ1) is 9.88. The fraction of sp³-hybridized carbons (Fsp3) is 0.733. The number of carbonyl (C=O) groups excluding carboxylic acids is 2. The van der Waals surface area contributed by atoms with Gasteiger partial charge in [-0.3, -0.25) is 14.4 Å². The summed E-state index contributed by atoms with van der Waals surface area (Å²) in [7, 11) is 0. The number of amides is 1. The smallest absolute Gasteiger partial charge is 0.328 e. The molecule has 0 saturated heterocycles. The molecule has 0 radical (unpaired) electrons. The van der Waals surface area contributed by atoms with Crippen LogP contribution < -0.4 is 5.32 Å². The van der Waals surface area contributed by atoms with Crippen LogP contribution in [0.15, 0.2) is 0 Å². The van der Waals surface area contributed by atoms with Gasteiger partial charge in [0.25, 0.3) is 0 Å². The molecule has 0 bridgehead atoms. The van der Waals surface area contributed by atoms with E-state index in [1.54, 1.807) is 0 Å². The van der Waals surface area contributed by atoms with E-state index in [-0.39, 0.29) is 31.0 Å². The molecule has 3 N–H and O–H groups in total. The Hall–Kier alpha value is -1.92. The lowest BCUT2D eigenvalue weighted by atomic mass is 9.86. The number of carboxylic acid groups (broad SMARTS) is 2. The summed E-state index contributed by atoms with van der Waals surface area (Å²) in [6.07, 6.45) is 1.22. The Balaban J connectivity index is 4.04. The molecule has 0 saturated carbocycles. The Morgan fingerprint density at radius 3 is 1.82 bits per heavy atom. The molecule has 0 aromatic rings. The molecule has 126 valence electrons. The molecule has 0 unspecified atom stereocenters. The van der Waals surface area contributed by atoms with E-state index >= 15 is 0 Å². The van der Waals surface area contributed by atoms with Crippen molar-refractivity contribution in [1.82, 2.24) is 5.32 Å². The van der Waals surface area contributed by atoms with Crippen LogP contribution in [0.5, 0.6) is 0 Å². The molecule has 7 nitrogen and oxygen atoms in total. The third-order valence-electron chi connectivity index (χ3n) is 3.31. The first kappa shape index (κ1) is 20.1. The lowest BCUT2D eigenvalue weighted by molar-refractivity contribution is -0.149. The van der Waals surface area contributed by atoms with Gasteiger partial charge in [0.1, 0.15) is 11.3 Å². The SMILES string of the molecule is CC(C)(CC(=O)CCCCC(=O)NC(C)(C)C(=O)O)C(=O)O. The van der Waals surface area contributed by atoms with E-state index in [4.69, 9.17) is 10.2 Å². The zero-order valence-corrected chi connectivity index (χ0v) is 13.6. The van der Waals surface area contributed by atoms with Crippen molar-refractivity contribution in [2.75, 3.05) is 0 Å². The van der Waals surface area contributed by atoms with Gasteiger partial charge in [0, 0.05) is 19.3 Å². The van der Waals surface area contributed by atoms with Gasteiger partial charge < -0.3 is 15.5 Å². The third-order valence-corrected chi connectivity index (χ3v) is 3.31. The molecule has 0 aliphatic rings. The molecular weight excluding hydrogens is 290 g/mol. The van der Waals surface area contributed by atoms with E-state index in [1.807, 2.05) is 0 Å². The van der Waals surface area contributed by atoms with E-state index in [0.717, 1.165) is 0 Å². The highest BCUT2D eigenvalue weighted by Gasteiger charge is 2.30. The van der Waals surface area contributed by atoms with Gasteiger partial charge in [-0.1, -0.05) is 0 Å². The normalized spacial score (nSPS) is 11.8. The highest BCUT2D eigenvalue weighted by atomic mass is 16.4. The van der Waals surface area contributed by atoms with Crippen LogP contribution in [0.1, 0.15) is 59.8 Å². The summed E-state index contributed by atoms with van der Waals surface area (Å²) >= 11 is 0. The maximum absolute atomic E-state index is 11.7. The minimum atomic E-state index is -1.32. The standard InChI is InChI=1S/C15H25NO6/c1-14(2,12(19)20)9-10(17)7-5-6-8-11(18)16-15(3,4)13(21)22/h5-9H2,1-4H3,(H,16,18)(H,19,20)(H,21,22). The number of Topliss-reactive ketones (excluding diaryl/α,β-unsaturated/α-hetero) is 1. The molecular formula is C15H25NO6. The van der Waals surface area contributed by atoms with Gasteiger partial charge in [0.15, 0.2) is 0 Å². The van der Waals surface area contributed by atoms with Crippen LogP contribution in [0.4, 0.5) is 0 Å². The molecule has 1 amide bonds. The van der Waals surface area contributed by atoms with Crippen molar-refractivity contribution in [2.24, 2.45) is 5.41 Å². The monoisotopic (exact) mass is 315 g/mol. The molecule has 22 heavy (non-hydrogen) atoms. The van der Waals surface area contributed by atoms with E-state index < -0.39 is 22.9 Å². The predicted octanol–water partition coefficient (Wildman–Crippen LogP) is 1.60. The van der Waals surface area contributed by atoms with Gasteiger partial charge in [-0.05, 0) is 40.5 Å². The van der Waals surface area contributed by atoms with Crippen molar-refractivity contribution in [3.8, 4) is 0 Å². The van der Waals surface area contributed by atoms with Crippen LogP contribution in [0.2, 0.25) is 0 Å². The minimum absolute atomic E-state index is 0.0411. The molecule has 7 heteroatoms. The number of aliphatic carboxylic acids is 2. The van der Waals surface area contributed by atoms with Crippen molar-refractivity contribution in [1.29, 1.82) is 0 Å². The van der Waals surface area contributed by atoms with Crippen LogP contribution in [0.25, 0.3) is 0 Å². The molecule has 0 aliphatic heterocycles. The summed E-state index contributed by atoms with van der Waals surface area (Å²) in [5.74, 6) is -2.67. The van der Waals surface area contributed by atoms with Crippen molar-refractivity contribution >= 4 is 23.6 Å². The molecule has 0 fully saturated rings. The number of nitrogens with one attached hydrogen (secondary N) is 1. The second kappa shape index (κ2) is 7.91. The zero-order chi connectivity index (χ0) is 17.6. The second-order valence-corrected chi connectivity index (χ2v) is 6.59. The van der Waals surface area contributed by atoms with Gasteiger partial charge in [-0.15, -0.1) is 0 Å². The first-order valence-corrected chi connectivity index (χ1v) is 7.18. The Morgan fingerprint density at radius 2 is 1.36 bits per heavy atom. The number of carbonyl (C=O) groups is 4. The molecule has 0 spiro atoms. The lowest BCUT2D eigenvalue weighted by Crippen LogP contribution is -2.49. The lowest BCUT2D eigenvalue weighted by Gasteiger charge is -2.21. The Kier molecular flexibility index (Phi) is 7.22. The first-order valence-electron chi connectivity index (χ1n) is 7.18. The average molecular weight is 315 g/mol. The van der Waals surface area contributed by atoms with Crippen LogP contribution >= 0.6 is 0 Å². The number of carboxylic acids is 2. The second-order valence-electron chi connectivity index (χ2n) is 6.59. The maximum atomic E-state index is 11.7. The average Bonchev–Trinajstić information content (AvgIpc) is 2.33. The molecule has 0 rings (SSSR count). The Morgan fingerprint density at radius 1 is 0.864 bits per heavy atom. The Labute approximate surface area is 130 Å². The summed E-state index contributed by atoms with van der Waals surface area (Å²) in [6.45, 7) is 5.78. The topological polar surface area (TPSA) is 121 Å². The molecule has 0 aliphatic carbocycles. The number of unbranched alkanes of at least 4 members (excludes halogenated alkanes) is 1. The number of hydrogen-bond acceptors (Lipinski definition) is 4. The number of ketones is 1. The van der Waals surface area contributed by atoms with Crippen LogP contribution in [-0.2, 0) is 19.2 Å². The van der Waals surface area contributed by atoms with Crippen LogP contribution in [0.3, 0.4) is 0 Å². The molecule has 0 aromatic heterocycles. The van der Waals surface area contributed by atoms with Gasteiger partial charge >= 0.3 is 11.9 Å². The summed E-state index contributed by atoms with van der Waals surface area (Å²) in [6, 6.07) is 0. The van der Waals surface area contributed by atoms with Gasteiger partial charge in [0.05, 0.1) is 5.41 Å². The van der Waals surface area contributed by atoms with Crippen molar-refractivity contribution in [3.05, 3.63) is 0 Å². The van der Waals surface area contributed by atoms with Crippen LogP contribution in [-0.4, -0.2) is 39.4 Å². The minimum Gasteiger partial charge on any atom is -0.481 e. The highest BCUT2D eigenvalue weighted by molar-refractivity contribution is 5.87. The number of hydrogen-bond donors (Lipinski definition) is 3. The van der Waals surface area contributed by atoms with Crippen LogP contribution in [0, 0.1) is 5.41 Å². The van der Waals surface area contributed by atoms with Gasteiger partial charge in [-0.2, -0.15) is 0 Å². The van der Waals surface area contributed by atoms with E-state index in [0.29, 0.717) is 12.8 Å². The fourth-order valence-corrected chi connectivity index (χ4v) is 1.73. The van der Waals surface area contributed by atoms with Gasteiger partial charge in [0.2, 0.25) is 5.91 Å². The Bertz CT molecular complexity index is 411. The molecule has 0 atom stereocenters. The quantitative estimate of drug-likeness (QED) is 0.526. The summed E-state index contributed by atoms with van der Waals surface area (Å²) < 4.78 is 0. The summed E-state index contributed by atoms with van der Waals surface area (Å²) in [4.78, 5) is 45.0. The highest BCUT2D eigenvalue weighted by Crippen LogP contribution is 2.22. The zero-order valence-electron chi connectivity index (χ0n) is 13.6. The fourth-order valence-electron chi connectivity index (χ4n) is 1.73. The predicted molar refractivity (Wildman–Crippen MR) is 79.4 cm³/mol. The van der Waals surface area contributed by atoms with Crippen molar-refractivity contribution in [2.45, 2.75) is 65.3 Å². The van der Waals surface area contributed by atoms with E-state index in [9.17, 15) is 19.2 Å². The third kappa shape index (κ3) is 7.19. The maximum Gasteiger partial charge on any atom is 0.328 e. The van der Waals surface area contributed by atoms with Crippen molar-refractivity contribution in [3.63, 3.8) is 0 Å². The molecule has 0 aromatic carbocycles.